The highest BCUT2D eigenvalue weighted by molar-refractivity contribution is 6.62. The van der Waals surface area contributed by atoms with Crippen LogP contribution in [0, 0.1) is 5.95 Å². The third-order valence-electron chi connectivity index (χ3n) is 4.96. The van der Waals surface area contributed by atoms with Gasteiger partial charge in [0.15, 0.2) is 0 Å². The first-order valence-electron chi connectivity index (χ1n) is 8.61. The molecular weight excluding hydrogens is 405 g/mol. The molecule has 0 saturated carbocycles. The number of halogens is 3. The van der Waals surface area contributed by atoms with E-state index in [0.29, 0.717) is 15.7 Å². The summed E-state index contributed by atoms with van der Waals surface area (Å²) in [5.74, 6) is -0.456. The first kappa shape index (κ1) is 21.0. The molecule has 0 atom stereocenters. The summed E-state index contributed by atoms with van der Waals surface area (Å²) in [4.78, 5) is 7.22. The maximum Gasteiger partial charge on any atom is 0.494 e. The molecule has 10 heteroatoms. The van der Waals surface area contributed by atoms with Gasteiger partial charge in [0.25, 0.3) is 0 Å². The highest BCUT2D eigenvalue weighted by Gasteiger charge is 2.51. The zero-order valence-corrected chi connectivity index (χ0v) is 17.7. The number of rotatable bonds is 1. The van der Waals surface area contributed by atoms with Crippen LogP contribution in [0.2, 0.25) is 10.3 Å². The fraction of sp³-hybridized carbons (Fsp3) is 0.389. The number of fused-ring (bicyclic) bond motifs is 1. The normalized spacial score (nSPS) is 17.5. The summed E-state index contributed by atoms with van der Waals surface area (Å²) in [7, 11) is 1.28. The molecule has 0 aliphatic carbocycles. The number of hydrogen-bond acceptors (Lipinski definition) is 5. The van der Waals surface area contributed by atoms with Crippen LogP contribution in [-0.4, -0.2) is 38.1 Å². The highest BCUT2D eigenvalue weighted by atomic mass is 35.5. The molecule has 2 aromatic heterocycles. The van der Waals surface area contributed by atoms with Gasteiger partial charge in [0.1, 0.15) is 16.6 Å². The predicted octanol–water partition coefficient (Wildman–Crippen LogP) is 3.80. The molecule has 6 nitrogen and oxygen atoms in total. The lowest BCUT2D eigenvalue weighted by atomic mass is 9.79. The summed E-state index contributed by atoms with van der Waals surface area (Å²) in [6.07, 6.45) is 1.31. The largest absolute Gasteiger partial charge is 0.494 e. The molecule has 0 radical (unpaired) electrons. The number of nitrogens with zero attached hydrogens (tertiary/aromatic N) is 4. The molecule has 0 bridgehead atoms. The Labute approximate surface area is 173 Å². The van der Waals surface area contributed by atoms with Crippen molar-refractivity contribution in [3.63, 3.8) is 0 Å². The van der Waals surface area contributed by atoms with Gasteiger partial charge in [-0.05, 0) is 45.3 Å². The first-order chi connectivity index (χ1) is 13.0. The van der Waals surface area contributed by atoms with Gasteiger partial charge in [-0.25, -0.2) is 9.97 Å². The molecule has 3 heterocycles. The average Bonchev–Trinajstić information content (AvgIpc) is 2.99. The van der Waals surface area contributed by atoms with Gasteiger partial charge in [-0.2, -0.15) is 4.39 Å². The van der Waals surface area contributed by atoms with Crippen LogP contribution in [0.25, 0.3) is 10.9 Å². The monoisotopic (exact) mass is 424 g/mol. The summed E-state index contributed by atoms with van der Waals surface area (Å²) < 4.78 is 27.1. The highest BCUT2D eigenvalue weighted by Crippen LogP contribution is 2.36. The second-order valence-corrected chi connectivity index (χ2v) is 8.22. The van der Waals surface area contributed by atoms with Gasteiger partial charge in [0.05, 0.1) is 22.1 Å². The molecule has 3 aromatic rings. The van der Waals surface area contributed by atoms with Gasteiger partial charge in [0, 0.05) is 13.1 Å². The minimum absolute atomic E-state index is 0.366. The molecule has 0 unspecified atom stereocenters. The van der Waals surface area contributed by atoms with Crippen molar-refractivity contribution in [1.82, 2.24) is 19.7 Å². The van der Waals surface area contributed by atoms with E-state index in [9.17, 15) is 4.39 Å². The zero-order valence-electron chi connectivity index (χ0n) is 16.2. The van der Waals surface area contributed by atoms with Crippen LogP contribution in [0.4, 0.5) is 4.39 Å². The summed E-state index contributed by atoms with van der Waals surface area (Å²) in [6, 6.07) is 6.89. The van der Waals surface area contributed by atoms with Gasteiger partial charge in [-0.15, -0.1) is 5.10 Å². The van der Waals surface area contributed by atoms with E-state index in [4.69, 9.17) is 32.5 Å². The molecule has 1 aliphatic heterocycles. The molecule has 1 aromatic carbocycles. The van der Waals surface area contributed by atoms with Gasteiger partial charge in [0.2, 0.25) is 5.95 Å². The van der Waals surface area contributed by atoms with Crippen molar-refractivity contribution < 1.29 is 13.7 Å². The Morgan fingerprint density at radius 1 is 1.00 bits per heavy atom. The van der Waals surface area contributed by atoms with Crippen LogP contribution in [0.1, 0.15) is 27.7 Å². The van der Waals surface area contributed by atoms with Gasteiger partial charge >= 0.3 is 7.12 Å². The molecule has 1 aliphatic rings. The van der Waals surface area contributed by atoms with Crippen LogP contribution >= 0.6 is 23.2 Å². The van der Waals surface area contributed by atoms with E-state index in [0.717, 1.165) is 11.0 Å². The van der Waals surface area contributed by atoms with Crippen LogP contribution in [0.3, 0.4) is 0 Å². The topological polar surface area (TPSA) is 62.1 Å². The lowest BCUT2D eigenvalue weighted by Gasteiger charge is -2.32. The van der Waals surface area contributed by atoms with E-state index < -0.39 is 13.1 Å². The Balaban J connectivity index is 0.000000236. The van der Waals surface area contributed by atoms with E-state index in [1.165, 1.54) is 17.1 Å². The second kappa shape index (κ2) is 7.59. The molecule has 0 amide bonds. The molecule has 1 fully saturated rings. The second-order valence-electron chi connectivity index (χ2n) is 7.44. The van der Waals surface area contributed by atoms with Crippen LogP contribution in [0.5, 0.6) is 0 Å². The number of aryl methyl sites for hydroxylation is 1. The maximum atomic E-state index is 13.6. The number of aromatic nitrogens is 4. The smallest absolute Gasteiger partial charge is 0.399 e. The van der Waals surface area contributed by atoms with Crippen molar-refractivity contribution in [2.24, 2.45) is 7.05 Å². The molecule has 28 heavy (non-hydrogen) atoms. The molecule has 4 rings (SSSR count). The van der Waals surface area contributed by atoms with Crippen molar-refractivity contribution in [3.05, 3.63) is 46.8 Å². The van der Waals surface area contributed by atoms with Crippen molar-refractivity contribution in [1.29, 1.82) is 0 Å². The van der Waals surface area contributed by atoms with E-state index in [1.807, 2.05) is 39.8 Å². The van der Waals surface area contributed by atoms with Crippen molar-refractivity contribution >= 4 is 46.7 Å². The third-order valence-corrected chi connectivity index (χ3v) is 5.37. The van der Waals surface area contributed by atoms with Crippen LogP contribution in [-0.2, 0) is 16.4 Å². The Morgan fingerprint density at radius 3 is 2.07 bits per heavy atom. The minimum atomic E-state index is -0.456. The Bertz CT molecular complexity index is 979. The number of benzene rings is 1. The summed E-state index contributed by atoms with van der Waals surface area (Å²) >= 11 is 10.8. The van der Waals surface area contributed by atoms with Crippen molar-refractivity contribution in [2.75, 3.05) is 0 Å². The van der Waals surface area contributed by atoms with Crippen LogP contribution in [0.15, 0.2) is 30.6 Å². The summed E-state index contributed by atoms with van der Waals surface area (Å²) in [5, 5.41) is 5.02. The summed E-state index contributed by atoms with van der Waals surface area (Å²) in [6.45, 7) is 8.04. The van der Waals surface area contributed by atoms with Crippen LogP contribution < -0.4 is 5.46 Å². The quantitative estimate of drug-likeness (QED) is 0.439. The molecular formula is C18H20BCl2FN4O2. The predicted molar refractivity (Wildman–Crippen MR) is 108 cm³/mol. The van der Waals surface area contributed by atoms with Gasteiger partial charge in [-0.3, -0.25) is 4.68 Å². The van der Waals surface area contributed by atoms with Crippen molar-refractivity contribution in [2.45, 2.75) is 38.9 Å². The molecule has 1 saturated heterocycles. The van der Waals surface area contributed by atoms with E-state index in [2.05, 4.69) is 15.1 Å². The lowest BCUT2D eigenvalue weighted by Crippen LogP contribution is -2.41. The Morgan fingerprint density at radius 2 is 1.57 bits per heavy atom. The summed E-state index contributed by atoms with van der Waals surface area (Å²) in [5.41, 5.74) is 0.836. The Kier molecular flexibility index (Phi) is 5.69. The SMILES string of the molecule is Clc1cc(Cl)ncn1.Cn1nc(F)c2ccc(B3OC(C)(C)C(C)(C)O3)cc21. The Hall–Kier alpha value is -1.74. The number of hydrogen-bond donors (Lipinski definition) is 0. The maximum absolute atomic E-state index is 13.6. The minimum Gasteiger partial charge on any atom is -0.399 e. The first-order valence-corrected chi connectivity index (χ1v) is 9.36. The fourth-order valence-corrected chi connectivity index (χ4v) is 3.02. The van der Waals surface area contributed by atoms with Gasteiger partial charge < -0.3 is 9.31 Å². The van der Waals surface area contributed by atoms with Gasteiger partial charge in [-0.1, -0.05) is 29.3 Å². The average molecular weight is 425 g/mol. The molecule has 0 N–H and O–H groups in total. The van der Waals surface area contributed by atoms with E-state index >= 15 is 0 Å². The zero-order chi connectivity index (χ0) is 20.7. The van der Waals surface area contributed by atoms with E-state index in [1.54, 1.807) is 13.1 Å². The third kappa shape index (κ3) is 4.15. The van der Waals surface area contributed by atoms with Crippen molar-refractivity contribution in [3.8, 4) is 0 Å². The molecule has 0 spiro atoms. The standard InChI is InChI=1S/C14H18BFN2O2.C4H2Cl2N2/c1-13(2)14(3,4)20-15(19-13)9-6-7-10-11(8-9)18(5)17-12(10)16;5-3-1-4(6)8-2-7-3/h6-8H,1-5H3;1-2H. The lowest BCUT2D eigenvalue weighted by molar-refractivity contribution is 0.00578. The van der Waals surface area contributed by atoms with E-state index in [-0.39, 0.29) is 11.2 Å². The fourth-order valence-electron chi connectivity index (χ4n) is 2.67. The molecule has 148 valence electrons.